The Morgan fingerprint density at radius 2 is 1.72 bits per heavy atom. The molecule has 2 aliphatic heterocycles. The molecule has 1 N–H and O–H groups in total. The third-order valence-electron chi connectivity index (χ3n) is 5.04. The first-order chi connectivity index (χ1) is 14.3. The lowest BCUT2D eigenvalue weighted by atomic mass is 9.97. The molecule has 6 atom stereocenters. The van der Waals surface area contributed by atoms with Gasteiger partial charge in [0.2, 0.25) is 0 Å². The van der Waals surface area contributed by atoms with Gasteiger partial charge in [-0.05, 0) is 5.56 Å². The molecule has 0 radical (unpaired) electrons. The normalized spacial score (nSPS) is 31.8. The predicted molar refractivity (Wildman–Crippen MR) is 106 cm³/mol. The highest BCUT2D eigenvalue weighted by molar-refractivity contribution is 5.17. The first-order valence-electron chi connectivity index (χ1n) is 9.80. The molecule has 0 amide bonds. The van der Waals surface area contributed by atoms with Crippen LogP contribution in [0.25, 0.3) is 0 Å². The molecule has 0 aliphatic carbocycles. The van der Waals surface area contributed by atoms with E-state index in [0.717, 1.165) is 11.1 Å². The molecule has 6 nitrogen and oxygen atoms in total. The number of fused-ring (bicyclic) bond motifs is 1. The quantitative estimate of drug-likeness (QED) is 0.724. The predicted octanol–water partition coefficient (Wildman–Crippen LogP) is 2.97. The molecule has 0 saturated carbocycles. The van der Waals surface area contributed by atoms with Crippen LogP contribution < -0.4 is 0 Å². The topological polar surface area (TPSA) is 66.4 Å². The second-order valence-electron chi connectivity index (χ2n) is 7.09. The maximum Gasteiger partial charge on any atom is 0.187 e. The molecule has 4 rings (SSSR count). The highest BCUT2D eigenvalue weighted by Gasteiger charge is 2.50. The molecule has 2 saturated heterocycles. The van der Waals surface area contributed by atoms with Crippen LogP contribution in [0, 0.1) is 0 Å². The maximum atomic E-state index is 11.0. The van der Waals surface area contributed by atoms with Crippen LogP contribution in [0.15, 0.2) is 73.3 Å². The number of ether oxygens (including phenoxy) is 5. The van der Waals surface area contributed by atoms with Gasteiger partial charge in [0, 0.05) is 5.56 Å². The van der Waals surface area contributed by atoms with Crippen molar-refractivity contribution in [3.63, 3.8) is 0 Å². The van der Waals surface area contributed by atoms with Crippen molar-refractivity contribution >= 4 is 0 Å². The van der Waals surface area contributed by atoms with Crippen molar-refractivity contribution in [1.82, 2.24) is 0 Å². The van der Waals surface area contributed by atoms with Crippen molar-refractivity contribution in [2.45, 2.75) is 43.6 Å². The summed E-state index contributed by atoms with van der Waals surface area (Å²) in [6.45, 7) is 4.59. The van der Waals surface area contributed by atoms with Crippen molar-refractivity contribution in [1.29, 1.82) is 0 Å². The lowest BCUT2D eigenvalue weighted by Gasteiger charge is -2.47. The highest BCUT2D eigenvalue weighted by atomic mass is 16.8. The maximum absolute atomic E-state index is 11.0. The molecule has 0 spiro atoms. The number of aliphatic hydroxyl groups is 1. The lowest BCUT2D eigenvalue weighted by Crippen LogP contribution is -2.62. The van der Waals surface area contributed by atoms with Crippen molar-refractivity contribution in [3.05, 3.63) is 84.4 Å². The fourth-order valence-electron chi connectivity index (χ4n) is 3.59. The number of hydrogen-bond acceptors (Lipinski definition) is 6. The number of rotatable bonds is 7. The zero-order valence-corrected chi connectivity index (χ0v) is 16.1. The van der Waals surface area contributed by atoms with Crippen LogP contribution in [0.1, 0.15) is 17.4 Å². The summed E-state index contributed by atoms with van der Waals surface area (Å²) in [5, 5.41) is 11.0. The van der Waals surface area contributed by atoms with E-state index in [1.54, 1.807) is 6.08 Å². The van der Waals surface area contributed by atoms with Gasteiger partial charge >= 0.3 is 0 Å². The summed E-state index contributed by atoms with van der Waals surface area (Å²) < 4.78 is 29.7. The van der Waals surface area contributed by atoms with E-state index in [-0.39, 0.29) is 6.61 Å². The van der Waals surface area contributed by atoms with E-state index in [1.165, 1.54) is 0 Å². The van der Waals surface area contributed by atoms with Crippen LogP contribution in [0.2, 0.25) is 0 Å². The molecule has 2 aromatic carbocycles. The zero-order chi connectivity index (χ0) is 20.1. The number of benzene rings is 2. The van der Waals surface area contributed by atoms with Gasteiger partial charge in [-0.2, -0.15) is 0 Å². The molecular weight excluding hydrogens is 372 g/mol. The van der Waals surface area contributed by atoms with E-state index >= 15 is 0 Å². The van der Waals surface area contributed by atoms with Gasteiger partial charge in [0.05, 0.1) is 19.8 Å². The van der Waals surface area contributed by atoms with E-state index in [9.17, 15) is 5.11 Å². The standard InChI is InChI=1S/C23H26O6/c1-2-13-25-21-19(24)20-18(15-27-22(29-20)17-11-7-4-8-12-17)28-23(21)26-14-16-9-5-3-6-10-16/h2-12,18-24H,1,13-15H2/t18-,19+,20-,21+,22-,23+/m1/s1. The summed E-state index contributed by atoms with van der Waals surface area (Å²) >= 11 is 0. The van der Waals surface area contributed by atoms with Crippen LogP contribution in [0.5, 0.6) is 0 Å². The largest absolute Gasteiger partial charge is 0.387 e. The third kappa shape index (κ3) is 4.75. The van der Waals surface area contributed by atoms with Crippen molar-refractivity contribution in [2.75, 3.05) is 13.2 Å². The van der Waals surface area contributed by atoms with Crippen molar-refractivity contribution < 1.29 is 28.8 Å². The van der Waals surface area contributed by atoms with E-state index in [2.05, 4.69) is 6.58 Å². The first kappa shape index (κ1) is 20.2. The van der Waals surface area contributed by atoms with Crippen LogP contribution in [0.3, 0.4) is 0 Å². The van der Waals surface area contributed by atoms with Gasteiger partial charge in [-0.1, -0.05) is 66.7 Å². The smallest absolute Gasteiger partial charge is 0.187 e. The average Bonchev–Trinajstić information content (AvgIpc) is 2.78. The Labute approximate surface area is 170 Å². The monoisotopic (exact) mass is 398 g/mol. The van der Waals surface area contributed by atoms with Gasteiger partial charge in [-0.3, -0.25) is 0 Å². The van der Waals surface area contributed by atoms with Gasteiger partial charge in [-0.15, -0.1) is 6.58 Å². The summed E-state index contributed by atoms with van der Waals surface area (Å²) in [5.74, 6) is 0. The molecule has 2 aromatic rings. The SMILES string of the molecule is C=CCO[C@@H]1[C@@H](OCc2ccccc2)O[C@@H]2CO[C@@H](c3ccccc3)O[C@H]2[C@@H]1O. The highest BCUT2D eigenvalue weighted by Crippen LogP contribution is 2.35. The Kier molecular flexibility index (Phi) is 6.71. The first-order valence-corrected chi connectivity index (χ1v) is 9.80. The number of aliphatic hydroxyl groups excluding tert-OH is 1. The molecular formula is C23H26O6. The van der Waals surface area contributed by atoms with E-state index in [1.807, 2.05) is 60.7 Å². The molecule has 0 unspecified atom stereocenters. The molecule has 2 heterocycles. The Morgan fingerprint density at radius 1 is 1.00 bits per heavy atom. The average molecular weight is 398 g/mol. The number of hydrogen-bond donors (Lipinski definition) is 1. The Hall–Kier alpha value is -2.06. The van der Waals surface area contributed by atoms with Crippen LogP contribution >= 0.6 is 0 Å². The second kappa shape index (κ2) is 9.63. The van der Waals surface area contributed by atoms with E-state index in [4.69, 9.17) is 23.7 Å². The molecule has 154 valence electrons. The van der Waals surface area contributed by atoms with Crippen LogP contribution in [-0.4, -0.2) is 49.0 Å². The van der Waals surface area contributed by atoms with Gasteiger partial charge < -0.3 is 28.8 Å². The molecule has 29 heavy (non-hydrogen) atoms. The summed E-state index contributed by atoms with van der Waals surface area (Å²) in [4.78, 5) is 0. The summed E-state index contributed by atoms with van der Waals surface area (Å²) in [7, 11) is 0. The molecule has 2 fully saturated rings. The summed E-state index contributed by atoms with van der Waals surface area (Å²) in [5.41, 5.74) is 1.90. The molecule has 6 heteroatoms. The van der Waals surface area contributed by atoms with E-state index in [0.29, 0.717) is 13.2 Å². The minimum absolute atomic E-state index is 0.270. The van der Waals surface area contributed by atoms with Gasteiger partial charge in [-0.25, -0.2) is 0 Å². The van der Waals surface area contributed by atoms with Gasteiger partial charge in [0.25, 0.3) is 0 Å². The Balaban J connectivity index is 1.46. The molecule has 0 bridgehead atoms. The van der Waals surface area contributed by atoms with Crippen molar-refractivity contribution in [2.24, 2.45) is 0 Å². The van der Waals surface area contributed by atoms with Crippen molar-refractivity contribution in [3.8, 4) is 0 Å². The third-order valence-corrected chi connectivity index (χ3v) is 5.04. The van der Waals surface area contributed by atoms with Gasteiger partial charge in [0.15, 0.2) is 12.6 Å². The van der Waals surface area contributed by atoms with Gasteiger partial charge in [0.1, 0.15) is 24.4 Å². The minimum atomic E-state index is -0.926. The Morgan fingerprint density at radius 3 is 2.45 bits per heavy atom. The minimum Gasteiger partial charge on any atom is -0.387 e. The summed E-state index contributed by atoms with van der Waals surface area (Å²) in [6.07, 6.45) is -2.33. The zero-order valence-electron chi connectivity index (χ0n) is 16.1. The Bertz CT molecular complexity index is 767. The van der Waals surface area contributed by atoms with Crippen LogP contribution in [-0.2, 0) is 30.3 Å². The van der Waals surface area contributed by atoms with Crippen LogP contribution in [0.4, 0.5) is 0 Å². The fraction of sp³-hybridized carbons (Fsp3) is 0.391. The van der Waals surface area contributed by atoms with E-state index < -0.39 is 37.0 Å². The summed E-state index contributed by atoms with van der Waals surface area (Å²) in [6, 6.07) is 19.4. The molecule has 0 aromatic heterocycles. The second-order valence-corrected chi connectivity index (χ2v) is 7.09. The molecule has 2 aliphatic rings. The lowest BCUT2D eigenvalue weighted by molar-refractivity contribution is -0.366. The fourth-order valence-corrected chi connectivity index (χ4v) is 3.59.